The van der Waals surface area contributed by atoms with Crippen LogP contribution in [0.1, 0.15) is 10.4 Å². The van der Waals surface area contributed by atoms with Crippen molar-refractivity contribution in [2.75, 3.05) is 0 Å². The average Bonchev–Trinajstić information content (AvgIpc) is 2.71. The fourth-order valence-corrected chi connectivity index (χ4v) is 2.37. The molecule has 0 unspecified atom stereocenters. The number of hydrogen-bond donors (Lipinski definition) is 1. The lowest BCUT2D eigenvalue weighted by Crippen LogP contribution is -1.97. The largest absolute Gasteiger partial charge is 0.326 e. The first-order chi connectivity index (χ1) is 7.63. The van der Waals surface area contributed by atoms with Crippen molar-refractivity contribution in [2.24, 2.45) is 5.73 Å². The number of rotatable bonds is 2. The minimum Gasteiger partial charge on any atom is -0.326 e. The molecule has 0 aliphatic carbocycles. The third-order valence-corrected chi connectivity index (χ3v) is 3.41. The third kappa shape index (κ3) is 1.86. The van der Waals surface area contributed by atoms with E-state index >= 15 is 0 Å². The number of thiophene rings is 1. The van der Waals surface area contributed by atoms with Crippen molar-refractivity contribution in [1.29, 1.82) is 0 Å². The van der Waals surface area contributed by atoms with Gasteiger partial charge in [0.25, 0.3) is 0 Å². The summed E-state index contributed by atoms with van der Waals surface area (Å²) in [5.74, 6) is -1.07. The lowest BCUT2D eigenvalue weighted by Gasteiger charge is -2.06. The number of halogens is 2. The lowest BCUT2D eigenvalue weighted by atomic mass is 10.0. The van der Waals surface area contributed by atoms with Crippen LogP contribution >= 0.6 is 11.3 Å². The highest BCUT2D eigenvalue weighted by molar-refractivity contribution is 7.10. The van der Waals surface area contributed by atoms with Gasteiger partial charge in [0.1, 0.15) is 11.6 Å². The van der Waals surface area contributed by atoms with E-state index in [1.807, 2.05) is 11.4 Å². The van der Waals surface area contributed by atoms with Gasteiger partial charge in [-0.1, -0.05) is 0 Å². The van der Waals surface area contributed by atoms with Gasteiger partial charge in [-0.3, -0.25) is 0 Å². The molecule has 0 atom stereocenters. The Labute approximate surface area is 96.5 Å². The van der Waals surface area contributed by atoms with E-state index in [0.29, 0.717) is 17.7 Å². The van der Waals surface area contributed by atoms with Gasteiger partial charge >= 0.3 is 0 Å². The molecule has 84 valence electrons. The van der Waals surface area contributed by atoms with Crippen molar-refractivity contribution in [1.82, 2.24) is 0 Å². The molecule has 0 fully saturated rings. The summed E-state index contributed by atoms with van der Waals surface area (Å²) in [6.45, 7) is 1.98. The van der Waals surface area contributed by atoms with Crippen LogP contribution in [0.2, 0.25) is 0 Å². The molecule has 1 heterocycles. The molecule has 0 radical (unpaired) electrons. The zero-order valence-electron chi connectivity index (χ0n) is 8.76. The summed E-state index contributed by atoms with van der Waals surface area (Å²) in [5.41, 5.74) is 7.17. The predicted octanol–water partition coefficient (Wildman–Crippen LogP) is 3.46. The van der Waals surface area contributed by atoms with Crippen LogP contribution < -0.4 is 5.73 Å². The second-order valence-corrected chi connectivity index (χ2v) is 4.54. The molecule has 2 N–H and O–H groups in total. The van der Waals surface area contributed by atoms with Crippen LogP contribution in [-0.4, -0.2) is 0 Å². The zero-order valence-corrected chi connectivity index (χ0v) is 9.57. The van der Waals surface area contributed by atoms with Crippen molar-refractivity contribution in [2.45, 2.75) is 13.5 Å². The number of benzene rings is 1. The van der Waals surface area contributed by atoms with Crippen LogP contribution in [0, 0.1) is 18.6 Å². The molecule has 2 aromatic rings. The highest BCUT2D eigenvalue weighted by atomic mass is 32.1. The number of hydrogen-bond acceptors (Lipinski definition) is 2. The van der Waals surface area contributed by atoms with Gasteiger partial charge in [-0.2, -0.15) is 0 Å². The average molecular weight is 239 g/mol. The Morgan fingerprint density at radius 1 is 1.19 bits per heavy atom. The van der Waals surface area contributed by atoms with E-state index in [1.165, 1.54) is 17.4 Å². The molecule has 4 heteroatoms. The molecule has 0 aliphatic rings. The molecule has 16 heavy (non-hydrogen) atoms. The molecule has 0 aliphatic heterocycles. The normalized spacial score (nSPS) is 10.8. The van der Waals surface area contributed by atoms with E-state index in [1.54, 1.807) is 6.92 Å². The van der Waals surface area contributed by atoms with Gasteiger partial charge in [-0.25, -0.2) is 8.78 Å². The smallest absolute Gasteiger partial charge is 0.133 e. The molecule has 1 aromatic heterocycles. The highest BCUT2D eigenvalue weighted by Crippen LogP contribution is 2.31. The second kappa shape index (κ2) is 4.31. The Balaban J connectivity index is 2.60. The van der Waals surface area contributed by atoms with Crippen molar-refractivity contribution in [3.63, 3.8) is 0 Å². The van der Waals surface area contributed by atoms with E-state index in [0.717, 1.165) is 16.5 Å². The molecule has 0 spiro atoms. The summed E-state index contributed by atoms with van der Waals surface area (Å²) >= 11 is 1.48. The SMILES string of the molecule is Cc1cc(-c2ccsc2CN)c(F)cc1F. The maximum Gasteiger partial charge on any atom is 0.133 e. The predicted molar refractivity (Wildman–Crippen MR) is 62.3 cm³/mol. The van der Waals surface area contributed by atoms with Crippen molar-refractivity contribution in [3.8, 4) is 11.1 Å². The monoisotopic (exact) mass is 239 g/mol. The van der Waals surface area contributed by atoms with Gasteiger partial charge in [-0.05, 0) is 35.6 Å². The molecule has 0 bridgehead atoms. The van der Waals surface area contributed by atoms with Gasteiger partial charge in [0.05, 0.1) is 0 Å². The van der Waals surface area contributed by atoms with Gasteiger partial charge in [-0.15, -0.1) is 11.3 Å². The van der Waals surface area contributed by atoms with Crippen molar-refractivity contribution >= 4 is 11.3 Å². The molecular formula is C12H11F2NS. The maximum absolute atomic E-state index is 13.6. The first-order valence-electron chi connectivity index (χ1n) is 4.86. The molecule has 0 amide bonds. The molecular weight excluding hydrogens is 228 g/mol. The van der Waals surface area contributed by atoms with E-state index in [-0.39, 0.29) is 0 Å². The highest BCUT2D eigenvalue weighted by Gasteiger charge is 2.12. The van der Waals surface area contributed by atoms with E-state index < -0.39 is 11.6 Å². The molecule has 1 nitrogen and oxygen atoms in total. The van der Waals surface area contributed by atoms with Gasteiger partial charge in [0, 0.05) is 23.1 Å². The first-order valence-corrected chi connectivity index (χ1v) is 5.74. The van der Waals surface area contributed by atoms with E-state index in [4.69, 9.17) is 5.73 Å². The van der Waals surface area contributed by atoms with Gasteiger partial charge < -0.3 is 5.73 Å². The maximum atomic E-state index is 13.6. The third-order valence-electron chi connectivity index (χ3n) is 2.47. The molecule has 2 rings (SSSR count). The number of aryl methyl sites for hydroxylation is 1. The summed E-state index contributed by atoms with van der Waals surface area (Å²) in [5, 5.41) is 1.86. The summed E-state index contributed by atoms with van der Waals surface area (Å²) in [6.07, 6.45) is 0. The first kappa shape index (κ1) is 11.2. The van der Waals surface area contributed by atoms with Crippen molar-refractivity contribution in [3.05, 3.63) is 45.7 Å². The summed E-state index contributed by atoms with van der Waals surface area (Å²) in [7, 11) is 0. The Bertz CT molecular complexity index is 520. The Hall–Kier alpha value is -1.26. The van der Waals surface area contributed by atoms with Crippen LogP contribution in [0.15, 0.2) is 23.6 Å². The van der Waals surface area contributed by atoms with E-state index in [9.17, 15) is 8.78 Å². The Kier molecular flexibility index (Phi) is 3.03. The van der Waals surface area contributed by atoms with Crippen LogP contribution in [0.4, 0.5) is 8.78 Å². The van der Waals surface area contributed by atoms with Crippen LogP contribution in [-0.2, 0) is 6.54 Å². The standard InChI is InChI=1S/C12H11F2NS/c1-7-4-9(11(14)5-10(7)13)8-2-3-16-12(8)6-15/h2-5H,6,15H2,1H3. The van der Waals surface area contributed by atoms with Gasteiger partial charge in [0.15, 0.2) is 0 Å². The van der Waals surface area contributed by atoms with Crippen molar-refractivity contribution < 1.29 is 8.78 Å². The molecule has 1 aromatic carbocycles. The fraction of sp³-hybridized carbons (Fsp3) is 0.167. The van der Waals surface area contributed by atoms with Crippen LogP contribution in [0.5, 0.6) is 0 Å². The van der Waals surface area contributed by atoms with Crippen LogP contribution in [0.3, 0.4) is 0 Å². The topological polar surface area (TPSA) is 26.0 Å². The molecule has 0 saturated heterocycles. The summed E-state index contributed by atoms with van der Waals surface area (Å²) in [4.78, 5) is 0.907. The zero-order chi connectivity index (χ0) is 11.7. The minimum atomic E-state index is -0.545. The molecule has 0 saturated carbocycles. The summed E-state index contributed by atoms with van der Waals surface area (Å²) < 4.78 is 26.8. The minimum absolute atomic E-state index is 0.364. The van der Waals surface area contributed by atoms with E-state index in [2.05, 4.69) is 0 Å². The fourth-order valence-electron chi connectivity index (χ4n) is 1.60. The number of nitrogens with two attached hydrogens (primary N) is 1. The quantitative estimate of drug-likeness (QED) is 0.853. The van der Waals surface area contributed by atoms with Crippen LogP contribution in [0.25, 0.3) is 11.1 Å². The Morgan fingerprint density at radius 2 is 1.94 bits per heavy atom. The summed E-state index contributed by atoms with van der Waals surface area (Å²) in [6, 6.07) is 4.25. The Morgan fingerprint density at radius 3 is 2.62 bits per heavy atom. The second-order valence-electron chi connectivity index (χ2n) is 3.54. The lowest BCUT2D eigenvalue weighted by molar-refractivity contribution is 0.579. The van der Waals surface area contributed by atoms with Gasteiger partial charge in [0.2, 0.25) is 0 Å².